The molecule has 4 heteroatoms. The lowest BCUT2D eigenvalue weighted by molar-refractivity contribution is 0.669. The average Bonchev–Trinajstić information content (AvgIpc) is 3.68. The van der Waals surface area contributed by atoms with Crippen molar-refractivity contribution in [3.63, 3.8) is 0 Å². The molecule has 0 N–H and O–H groups in total. The van der Waals surface area contributed by atoms with Crippen molar-refractivity contribution in [3.05, 3.63) is 170 Å². The first kappa shape index (κ1) is 26.6. The van der Waals surface area contributed by atoms with E-state index in [0.29, 0.717) is 0 Å². The van der Waals surface area contributed by atoms with E-state index < -0.39 is 0 Å². The van der Waals surface area contributed by atoms with Gasteiger partial charge < -0.3 is 14.2 Å². The molecule has 0 aliphatic carbocycles. The van der Waals surface area contributed by atoms with Crippen LogP contribution >= 0.6 is 11.3 Å². The number of anilines is 6. The maximum absolute atomic E-state index is 6.33. The molecule has 0 aliphatic heterocycles. The second kappa shape index (κ2) is 11.0. The fourth-order valence-corrected chi connectivity index (χ4v) is 7.69. The van der Waals surface area contributed by atoms with E-state index in [9.17, 15) is 0 Å². The number of hydrogen-bond acceptors (Lipinski definition) is 4. The third-order valence-corrected chi connectivity index (χ3v) is 9.76. The van der Waals surface area contributed by atoms with Gasteiger partial charge in [-0.1, -0.05) is 78.9 Å². The van der Waals surface area contributed by atoms with Crippen LogP contribution in [-0.4, -0.2) is 0 Å². The zero-order valence-corrected chi connectivity index (χ0v) is 25.7. The molecule has 0 atom stereocenters. The van der Waals surface area contributed by atoms with E-state index in [0.717, 1.165) is 56.1 Å². The number of thiophene rings is 1. The van der Waals surface area contributed by atoms with Gasteiger partial charge in [0.05, 0.1) is 5.69 Å². The summed E-state index contributed by atoms with van der Waals surface area (Å²) in [7, 11) is 0. The van der Waals surface area contributed by atoms with E-state index in [-0.39, 0.29) is 0 Å². The molecular formula is C42H28N2OS. The highest BCUT2D eigenvalue weighted by molar-refractivity contribution is 7.26. The number of furan rings is 1. The van der Waals surface area contributed by atoms with Crippen molar-refractivity contribution < 1.29 is 4.42 Å². The smallest absolute Gasteiger partial charge is 0.137 e. The van der Waals surface area contributed by atoms with Crippen LogP contribution in [0.25, 0.3) is 42.1 Å². The minimum atomic E-state index is 0.880. The average molecular weight is 609 g/mol. The Morgan fingerprint density at radius 1 is 0.370 bits per heavy atom. The van der Waals surface area contributed by atoms with E-state index in [4.69, 9.17) is 4.42 Å². The van der Waals surface area contributed by atoms with Gasteiger partial charge >= 0.3 is 0 Å². The maximum atomic E-state index is 6.33. The number of para-hydroxylation sites is 4. The maximum Gasteiger partial charge on any atom is 0.137 e. The van der Waals surface area contributed by atoms with Crippen molar-refractivity contribution in [1.82, 2.24) is 0 Å². The molecular weight excluding hydrogens is 581 g/mol. The van der Waals surface area contributed by atoms with Gasteiger partial charge in [-0.15, -0.1) is 11.3 Å². The molecule has 0 bridgehead atoms. The molecule has 0 unspecified atom stereocenters. The van der Waals surface area contributed by atoms with E-state index in [1.54, 1.807) is 0 Å². The van der Waals surface area contributed by atoms with E-state index in [1.807, 2.05) is 23.5 Å². The Balaban J connectivity index is 1.26. The lowest BCUT2D eigenvalue weighted by Crippen LogP contribution is -2.10. The van der Waals surface area contributed by atoms with E-state index in [1.165, 1.54) is 20.2 Å². The fourth-order valence-electron chi connectivity index (χ4n) is 6.58. The Morgan fingerprint density at radius 2 is 0.957 bits per heavy atom. The number of rotatable bonds is 6. The topological polar surface area (TPSA) is 19.6 Å². The van der Waals surface area contributed by atoms with Crippen molar-refractivity contribution in [2.75, 3.05) is 9.80 Å². The third kappa shape index (κ3) is 4.42. The van der Waals surface area contributed by atoms with Crippen molar-refractivity contribution >= 4 is 87.6 Å². The molecule has 0 saturated heterocycles. The molecule has 0 amide bonds. The molecule has 0 fully saturated rings. The minimum absolute atomic E-state index is 0.880. The van der Waals surface area contributed by atoms with Gasteiger partial charge in [-0.3, -0.25) is 0 Å². The lowest BCUT2D eigenvalue weighted by atomic mass is 10.1. The van der Waals surface area contributed by atoms with Crippen LogP contribution in [0.15, 0.2) is 174 Å². The van der Waals surface area contributed by atoms with Crippen molar-refractivity contribution in [1.29, 1.82) is 0 Å². The van der Waals surface area contributed by atoms with Crippen LogP contribution in [0.4, 0.5) is 34.1 Å². The van der Waals surface area contributed by atoms with Gasteiger partial charge in [0.25, 0.3) is 0 Å². The Labute approximate surface area is 270 Å². The molecule has 2 aromatic heterocycles. The summed E-state index contributed by atoms with van der Waals surface area (Å²) in [4.78, 5) is 4.69. The highest BCUT2D eigenvalue weighted by Crippen LogP contribution is 2.47. The highest BCUT2D eigenvalue weighted by atomic mass is 32.1. The minimum Gasteiger partial charge on any atom is -0.456 e. The second-order valence-corrected chi connectivity index (χ2v) is 12.5. The number of fused-ring (bicyclic) bond motifs is 6. The zero-order chi connectivity index (χ0) is 30.5. The van der Waals surface area contributed by atoms with Crippen LogP contribution in [0.3, 0.4) is 0 Å². The van der Waals surface area contributed by atoms with Gasteiger partial charge in [0, 0.05) is 65.4 Å². The summed E-state index contributed by atoms with van der Waals surface area (Å²) in [6.45, 7) is 0. The summed E-state index contributed by atoms with van der Waals surface area (Å²) in [6.07, 6.45) is 0. The fraction of sp³-hybridized carbons (Fsp3) is 0. The highest BCUT2D eigenvalue weighted by Gasteiger charge is 2.20. The van der Waals surface area contributed by atoms with E-state index in [2.05, 4.69) is 168 Å². The quantitative estimate of drug-likeness (QED) is 0.187. The monoisotopic (exact) mass is 608 g/mol. The molecule has 3 nitrogen and oxygen atoms in total. The Bertz CT molecular complexity index is 2440. The third-order valence-electron chi connectivity index (χ3n) is 8.62. The molecule has 2 heterocycles. The van der Waals surface area contributed by atoms with Gasteiger partial charge in [-0.05, 0) is 84.9 Å². The normalized spacial score (nSPS) is 11.5. The van der Waals surface area contributed by atoms with E-state index >= 15 is 0 Å². The molecule has 7 aromatic carbocycles. The van der Waals surface area contributed by atoms with Crippen LogP contribution in [0, 0.1) is 0 Å². The molecule has 0 saturated carbocycles. The summed E-state index contributed by atoms with van der Waals surface area (Å²) in [6, 6.07) is 60.1. The molecule has 0 spiro atoms. The molecule has 218 valence electrons. The number of benzene rings is 7. The molecule has 0 aliphatic rings. The largest absolute Gasteiger partial charge is 0.456 e. The molecule has 9 aromatic rings. The standard InChI is InChI=1S/C42H28N2OS/c1-4-13-29(14-5-1)43(33-23-25-35-34-19-10-11-21-38(34)45-39(35)28-33)32-24-26-40-36(27-32)42-37(20-12-22-41(42)46-40)44(30-15-6-2-7-16-30)31-17-8-3-9-18-31/h1-28H. The van der Waals surface area contributed by atoms with Crippen molar-refractivity contribution in [2.24, 2.45) is 0 Å². The molecule has 46 heavy (non-hydrogen) atoms. The first-order valence-corrected chi connectivity index (χ1v) is 16.3. The lowest BCUT2D eigenvalue weighted by Gasteiger charge is -2.27. The SMILES string of the molecule is c1ccc(N(c2ccc3c(c2)oc2ccccc23)c2ccc3sc4cccc(N(c5ccccc5)c5ccccc5)c4c3c2)cc1. The van der Waals surface area contributed by atoms with Gasteiger partial charge in [0.1, 0.15) is 11.2 Å². The Hall–Kier alpha value is -5.84. The Kier molecular flexibility index (Phi) is 6.32. The van der Waals surface area contributed by atoms with Gasteiger partial charge in [-0.2, -0.15) is 0 Å². The summed E-state index contributed by atoms with van der Waals surface area (Å²) in [5.74, 6) is 0. The first-order valence-electron chi connectivity index (χ1n) is 15.4. The number of nitrogens with zero attached hydrogens (tertiary/aromatic N) is 2. The van der Waals surface area contributed by atoms with Gasteiger partial charge in [0.15, 0.2) is 0 Å². The predicted molar refractivity (Wildman–Crippen MR) is 196 cm³/mol. The molecule has 0 radical (unpaired) electrons. The van der Waals surface area contributed by atoms with Crippen molar-refractivity contribution in [3.8, 4) is 0 Å². The number of hydrogen-bond donors (Lipinski definition) is 0. The van der Waals surface area contributed by atoms with Crippen LogP contribution in [0.2, 0.25) is 0 Å². The zero-order valence-electron chi connectivity index (χ0n) is 24.9. The van der Waals surface area contributed by atoms with Crippen LogP contribution < -0.4 is 9.80 Å². The summed E-state index contributed by atoms with van der Waals surface area (Å²) < 4.78 is 8.84. The predicted octanol–water partition coefficient (Wildman–Crippen LogP) is 12.9. The van der Waals surface area contributed by atoms with Crippen molar-refractivity contribution in [2.45, 2.75) is 0 Å². The van der Waals surface area contributed by atoms with Crippen LogP contribution in [0.5, 0.6) is 0 Å². The summed E-state index contributed by atoms with van der Waals surface area (Å²) in [5.41, 5.74) is 8.43. The summed E-state index contributed by atoms with van der Waals surface area (Å²) >= 11 is 1.84. The van der Waals surface area contributed by atoms with Gasteiger partial charge in [0.2, 0.25) is 0 Å². The summed E-state index contributed by atoms with van der Waals surface area (Å²) in [5, 5.41) is 4.74. The second-order valence-electron chi connectivity index (χ2n) is 11.4. The first-order chi connectivity index (χ1) is 22.8. The molecule has 9 rings (SSSR count). The Morgan fingerprint density at radius 3 is 1.67 bits per heavy atom. The van der Waals surface area contributed by atoms with Crippen LogP contribution in [0.1, 0.15) is 0 Å². The van der Waals surface area contributed by atoms with Gasteiger partial charge in [-0.25, -0.2) is 0 Å². The van der Waals surface area contributed by atoms with Crippen LogP contribution in [-0.2, 0) is 0 Å².